The molecule has 87 heavy (non-hydrogen) atoms. The van der Waals surface area contributed by atoms with Crippen LogP contribution in [-0.2, 0) is 5.41 Å². The van der Waals surface area contributed by atoms with E-state index >= 15 is 0 Å². The van der Waals surface area contributed by atoms with Gasteiger partial charge in [0.15, 0.2) is 0 Å². The minimum atomic E-state index is -0.143. The predicted octanol–water partition coefficient (Wildman–Crippen LogP) is 23.0. The summed E-state index contributed by atoms with van der Waals surface area (Å²) in [7, 11) is 0. The largest absolute Gasteiger partial charge is 0.309 e. The van der Waals surface area contributed by atoms with Gasteiger partial charge in [-0.1, -0.05) is 269 Å². The normalized spacial score (nSPS) is 14.6. The Bertz CT molecular complexity index is 5510. The lowest BCUT2D eigenvalue weighted by molar-refractivity contribution is 0.652. The average Bonchev–Trinajstić information content (AvgIpc) is 2.95. The molecule has 15 aromatic rings. The predicted molar refractivity (Wildman–Crippen MR) is 373 cm³/mol. The van der Waals surface area contributed by atoms with Crippen molar-refractivity contribution in [2.45, 2.75) is 32.1 Å². The highest BCUT2D eigenvalue weighted by Crippen LogP contribution is 2.50. The van der Waals surface area contributed by atoms with E-state index in [9.17, 15) is 0 Å². The van der Waals surface area contributed by atoms with E-state index in [1.807, 2.05) is 0 Å². The lowest BCUT2D eigenvalue weighted by Gasteiger charge is -2.24. The van der Waals surface area contributed by atoms with Gasteiger partial charge in [-0.05, 0) is 160 Å². The molecule has 0 amide bonds. The summed E-state index contributed by atoms with van der Waals surface area (Å²) >= 11 is 0. The molecule has 2 heteroatoms. The smallest absolute Gasteiger partial charge is 0.0546 e. The van der Waals surface area contributed by atoms with Gasteiger partial charge in [-0.15, -0.1) is 0 Å². The molecule has 0 N–H and O–H groups in total. The van der Waals surface area contributed by atoms with Crippen molar-refractivity contribution in [1.82, 2.24) is 9.13 Å². The van der Waals surface area contributed by atoms with E-state index in [1.54, 1.807) is 0 Å². The molecule has 2 nitrogen and oxygen atoms in total. The third kappa shape index (κ3) is 8.39. The van der Waals surface area contributed by atoms with Crippen molar-refractivity contribution in [3.63, 3.8) is 0 Å². The molecule has 13 aromatic carbocycles. The van der Waals surface area contributed by atoms with Crippen LogP contribution >= 0.6 is 0 Å². The lowest BCUT2D eigenvalue weighted by Crippen LogP contribution is -2.16. The molecule has 0 spiro atoms. The molecule has 410 valence electrons. The molecule has 2 aromatic heterocycles. The quantitative estimate of drug-likeness (QED) is 0.106. The number of aromatic nitrogens is 2. The van der Waals surface area contributed by atoms with Crippen LogP contribution in [0.1, 0.15) is 54.5 Å². The van der Waals surface area contributed by atoms with Gasteiger partial charge in [-0.2, -0.15) is 0 Å². The van der Waals surface area contributed by atoms with E-state index in [4.69, 9.17) is 0 Å². The second kappa shape index (κ2) is 20.2. The number of rotatable bonds is 8. The molecule has 2 heterocycles. The highest BCUT2D eigenvalue weighted by Gasteiger charge is 2.36. The summed E-state index contributed by atoms with van der Waals surface area (Å²) in [5.74, 6) is 0. The summed E-state index contributed by atoms with van der Waals surface area (Å²) in [4.78, 5) is 0. The van der Waals surface area contributed by atoms with Crippen LogP contribution < -0.4 is 0 Å². The molecule has 0 atom stereocenters. The van der Waals surface area contributed by atoms with E-state index in [0.717, 1.165) is 12.8 Å². The van der Waals surface area contributed by atoms with Gasteiger partial charge in [0.2, 0.25) is 0 Å². The number of para-hydroxylation sites is 2. The summed E-state index contributed by atoms with van der Waals surface area (Å²) in [5.41, 5.74) is 22.4. The number of hydrogen-bond acceptors (Lipinski definition) is 0. The summed E-state index contributed by atoms with van der Waals surface area (Å²) in [5, 5.41) is 15.1. The zero-order valence-electron chi connectivity index (χ0n) is 48.7. The lowest BCUT2D eigenvalue weighted by atomic mass is 9.79. The van der Waals surface area contributed by atoms with Crippen molar-refractivity contribution in [1.29, 1.82) is 0 Å². The van der Waals surface area contributed by atoms with Crippen molar-refractivity contribution in [3.05, 3.63) is 324 Å². The first-order valence-corrected chi connectivity index (χ1v) is 30.6. The first kappa shape index (κ1) is 50.7. The van der Waals surface area contributed by atoms with E-state index in [-0.39, 0.29) is 5.41 Å². The number of fused-ring (bicyclic) bond motifs is 14. The molecule has 0 unspecified atom stereocenters. The molecule has 0 fully saturated rings. The maximum Gasteiger partial charge on any atom is 0.0546 e. The molecule has 0 saturated heterocycles. The molecule has 2 aliphatic carbocycles. The van der Waals surface area contributed by atoms with Gasteiger partial charge in [-0.25, -0.2) is 0 Å². The van der Waals surface area contributed by atoms with Crippen LogP contribution in [0.2, 0.25) is 0 Å². The van der Waals surface area contributed by atoms with E-state index in [2.05, 4.69) is 326 Å². The van der Waals surface area contributed by atoms with Gasteiger partial charge in [-0.3, -0.25) is 0 Å². The maximum absolute atomic E-state index is 2.46. The SMILES string of the molecule is CC1(C)C2=C(CC/C=C\C(/C=C/c3ccc(-c4ccc5c(c4)c4ccccc4n5-c4cc5ccccc5c5ccccc45)cc3)=C2)c2ccc(/C=C/c3ccc(-c4ccc5c(c4)c4ccccc4n5-c4cc5ccccc5c5ccccc45)cc3)cc21. The molecule has 0 aliphatic heterocycles. The van der Waals surface area contributed by atoms with Gasteiger partial charge >= 0.3 is 0 Å². The van der Waals surface area contributed by atoms with Gasteiger partial charge in [0.05, 0.1) is 33.4 Å². The first-order chi connectivity index (χ1) is 42.9. The Hall–Kier alpha value is -10.8. The van der Waals surface area contributed by atoms with Crippen LogP contribution in [-0.4, -0.2) is 9.13 Å². The minimum absolute atomic E-state index is 0.143. The molecular formula is C85H60N2. The second-order valence-electron chi connectivity index (χ2n) is 24.3. The molecule has 0 radical (unpaired) electrons. The Morgan fingerprint density at radius 2 is 0.770 bits per heavy atom. The van der Waals surface area contributed by atoms with Crippen molar-refractivity contribution in [2.24, 2.45) is 0 Å². The Labute approximate surface area is 506 Å². The van der Waals surface area contributed by atoms with Crippen LogP contribution in [0.4, 0.5) is 0 Å². The average molecular weight is 1110 g/mol. The maximum atomic E-state index is 2.46. The van der Waals surface area contributed by atoms with Crippen molar-refractivity contribution in [3.8, 4) is 33.6 Å². The minimum Gasteiger partial charge on any atom is -0.309 e. The highest BCUT2D eigenvalue weighted by atomic mass is 15.0. The van der Waals surface area contributed by atoms with Gasteiger partial charge in [0.25, 0.3) is 0 Å². The van der Waals surface area contributed by atoms with Gasteiger partial charge in [0.1, 0.15) is 0 Å². The summed E-state index contributed by atoms with van der Waals surface area (Å²) in [6.07, 6.45) is 18.2. The topological polar surface area (TPSA) is 9.86 Å². The van der Waals surface area contributed by atoms with Crippen LogP contribution in [0.15, 0.2) is 296 Å². The fourth-order valence-corrected chi connectivity index (χ4v) is 14.6. The monoisotopic (exact) mass is 1110 g/mol. The Balaban J connectivity index is 0.613. The Kier molecular flexibility index (Phi) is 11.8. The fraction of sp³-hybridized carbons (Fsp3) is 0.0588. The summed E-state index contributed by atoms with van der Waals surface area (Å²) in [6, 6.07) is 96.7. The molecule has 0 bridgehead atoms. The molecular weight excluding hydrogens is 1050 g/mol. The molecule has 2 aliphatic rings. The molecule has 17 rings (SSSR count). The molecule has 0 saturated carbocycles. The Morgan fingerprint density at radius 3 is 1.31 bits per heavy atom. The Morgan fingerprint density at radius 1 is 0.345 bits per heavy atom. The summed E-state index contributed by atoms with van der Waals surface area (Å²) in [6.45, 7) is 4.81. The van der Waals surface area contributed by atoms with Crippen LogP contribution in [0, 0.1) is 0 Å². The third-order valence-electron chi connectivity index (χ3n) is 19.0. The number of allylic oxidation sites excluding steroid dienone is 7. The van der Waals surface area contributed by atoms with Crippen LogP contribution in [0.25, 0.3) is 144 Å². The summed E-state index contributed by atoms with van der Waals surface area (Å²) < 4.78 is 4.93. The first-order valence-electron chi connectivity index (χ1n) is 30.6. The number of nitrogens with zero attached hydrogens (tertiary/aromatic N) is 2. The number of hydrogen-bond donors (Lipinski definition) is 0. The van der Waals surface area contributed by atoms with Crippen LogP contribution in [0.3, 0.4) is 0 Å². The zero-order chi connectivity index (χ0) is 57.7. The third-order valence-corrected chi connectivity index (χ3v) is 19.0. The van der Waals surface area contributed by atoms with Crippen molar-refractivity contribution < 1.29 is 0 Å². The zero-order valence-corrected chi connectivity index (χ0v) is 48.7. The highest BCUT2D eigenvalue weighted by molar-refractivity contribution is 6.17. The fourth-order valence-electron chi connectivity index (χ4n) is 14.6. The van der Waals surface area contributed by atoms with E-state index < -0.39 is 0 Å². The van der Waals surface area contributed by atoms with Crippen molar-refractivity contribution in [2.75, 3.05) is 0 Å². The van der Waals surface area contributed by atoms with Gasteiger partial charge in [0, 0.05) is 37.7 Å². The van der Waals surface area contributed by atoms with Gasteiger partial charge < -0.3 is 9.13 Å². The van der Waals surface area contributed by atoms with E-state index in [0.29, 0.717) is 0 Å². The second-order valence-corrected chi connectivity index (χ2v) is 24.3. The van der Waals surface area contributed by atoms with E-state index in [1.165, 1.54) is 165 Å². The van der Waals surface area contributed by atoms with Crippen LogP contribution in [0.5, 0.6) is 0 Å². The van der Waals surface area contributed by atoms with Crippen molar-refractivity contribution >= 4 is 111 Å². The number of benzene rings is 13. The standard InChI is InChI=1S/C85H60N2/c1-85(2)77-49-57(33-31-55-35-40-59(41-36-55)61-44-47-81-75(51-61)73-27-13-15-29-79(73)86(81)83-53-63-18-4-7-20-65(63)67-22-9-11-25-71(67)83)17-3-6-24-69(77)70-46-39-58(50-78(70)85)34-32-56-37-42-60(43-38-56)62-45-48-82-76(52-62)74-28-14-16-30-80(74)87(82)84-54-64-19-5-8-21-66(64)68-23-10-12-26-72(68)84/h3-5,7-23,25-54H,6,24H2,1-2H3/b17-3-,33-31+,34-32+,57-49?.